The maximum atomic E-state index is 12.6. The highest BCUT2D eigenvalue weighted by molar-refractivity contribution is 7.92. The van der Waals surface area contributed by atoms with Crippen molar-refractivity contribution in [3.8, 4) is 11.5 Å². The van der Waals surface area contributed by atoms with E-state index in [1.54, 1.807) is 43.5 Å². The van der Waals surface area contributed by atoms with E-state index in [9.17, 15) is 13.2 Å². The molecule has 31 heavy (non-hydrogen) atoms. The number of carbonyl (C=O) groups is 1. The van der Waals surface area contributed by atoms with E-state index in [2.05, 4.69) is 10.0 Å². The maximum Gasteiger partial charge on any atom is 0.261 e. The van der Waals surface area contributed by atoms with Crippen LogP contribution in [0.3, 0.4) is 0 Å². The number of methoxy groups -OCH3 is 1. The highest BCUT2D eigenvalue weighted by Gasteiger charge is 2.16. The summed E-state index contributed by atoms with van der Waals surface area (Å²) in [5.41, 5.74) is 1.69. The van der Waals surface area contributed by atoms with E-state index in [0.29, 0.717) is 30.2 Å². The molecule has 0 aliphatic carbocycles. The first-order chi connectivity index (χ1) is 14.9. The Hall–Kier alpha value is -3.52. The topological polar surface area (TPSA) is 93.7 Å². The Bertz CT molecular complexity index is 1130. The first kappa shape index (κ1) is 22.2. The molecule has 0 saturated heterocycles. The molecule has 3 rings (SSSR count). The molecular weight excluding hydrogens is 416 g/mol. The van der Waals surface area contributed by atoms with Gasteiger partial charge >= 0.3 is 0 Å². The van der Waals surface area contributed by atoms with E-state index < -0.39 is 10.0 Å². The molecule has 3 aromatic rings. The lowest BCUT2D eigenvalue weighted by atomic mass is 10.2. The Morgan fingerprint density at radius 1 is 0.903 bits per heavy atom. The van der Waals surface area contributed by atoms with Crippen molar-refractivity contribution in [3.63, 3.8) is 0 Å². The average Bonchev–Trinajstić information content (AvgIpc) is 2.78. The fourth-order valence-corrected chi connectivity index (χ4v) is 3.91. The number of ether oxygens (including phenoxy) is 2. The normalized spacial score (nSPS) is 10.9. The van der Waals surface area contributed by atoms with Crippen LogP contribution in [0.2, 0.25) is 0 Å². The fourth-order valence-electron chi connectivity index (χ4n) is 2.78. The van der Waals surface area contributed by atoms with Gasteiger partial charge in [0.2, 0.25) is 0 Å². The Morgan fingerprint density at radius 2 is 1.55 bits per heavy atom. The van der Waals surface area contributed by atoms with Crippen molar-refractivity contribution in [1.29, 1.82) is 0 Å². The van der Waals surface area contributed by atoms with Gasteiger partial charge in [0.15, 0.2) is 0 Å². The second kappa shape index (κ2) is 9.99. The molecule has 0 saturated carbocycles. The van der Waals surface area contributed by atoms with Crippen LogP contribution in [0.1, 0.15) is 15.9 Å². The number of hydrogen-bond donors (Lipinski definition) is 2. The molecule has 0 spiro atoms. The van der Waals surface area contributed by atoms with Crippen molar-refractivity contribution in [2.75, 3.05) is 25.0 Å². The lowest BCUT2D eigenvalue weighted by Crippen LogP contribution is -2.28. The zero-order chi connectivity index (χ0) is 22.3. The van der Waals surface area contributed by atoms with Gasteiger partial charge in [-0.25, -0.2) is 8.42 Å². The number of para-hydroxylation sites is 1. The summed E-state index contributed by atoms with van der Waals surface area (Å²) in [6.45, 7) is 2.42. The molecular formula is C23H24N2O5S. The van der Waals surface area contributed by atoms with Crippen molar-refractivity contribution in [3.05, 3.63) is 83.9 Å². The number of sulfonamides is 1. The van der Waals surface area contributed by atoms with Crippen molar-refractivity contribution in [2.45, 2.75) is 11.8 Å². The van der Waals surface area contributed by atoms with Crippen molar-refractivity contribution >= 4 is 21.6 Å². The van der Waals surface area contributed by atoms with Gasteiger partial charge in [-0.05, 0) is 67.1 Å². The van der Waals surface area contributed by atoms with Gasteiger partial charge in [-0.3, -0.25) is 9.52 Å². The zero-order valence-electron chi connectivity index (χ0n) is 17.3. The minimum atomic E-state index is -3.75. The number of anilines is 1. The number of carbonyl (C=O) groups excluding carboxylic acids is 1. The van der Waals surface area contributed by atoms with Gasteiger partial charge in [-0.2, -0.15) is 0 Å². The van der Waals surface area contributed by atoms with Gasteiger partial charge in [-0.15, -0.1) is 0 Å². The Kier molecular flexibility index (Phi) is 7.15. The van der Waals surface area contributed by atoms with E-state index in [-0.39, 0.29) is 10.8 Å². The number of rotatable bonds is 9. The molecule has 1 amide bonds. The summed E-state index contributed by atoms with van der Waals surface area (Å²) < 4.78 is 38.4. The molecule has 0 bridgehead atoms. The number of aryl methyl sites for hydroxylation is 1. The molecule has 7 nitrogen and oxygen atoms in total. The molecule has 0 aliphatic rings. The number of benzene rings is 3. The van der Waals surface area contributed by atoms with Crippen LogP contribution < -0.4 is 19.5 Å². The summed E-state index contributed by atoms with van der Waals surface area (Å²) in [7, 11) is -2.15. The SMILES string of the molecule is COc1ccc(OCCNC(=O)c2ccc(S(=O)(=O)Nc3ccccc3C)cc2)cc1. The van der Waals surface area contributed by atoms with Crippen molar-refractivity contribution < 1.29 is 22.7 Å². The molecule has 0 heterocycles. The van der Waals surface area contributed by atoms with E-state index in [0.717, 1.165) is 11.3 Å². The molecule has 0 aliphatic heterocycles. The second-order valence-corrected chi connectivity index (χ2v) is 8.41. The van der Waals surface area contributed by atoms with Gasteiger partial charge in [0, 0.05) is 5.56 Å². The maximum absolute atomic E-state index is 12.6. The molecule has 0 fully saturated rings. The third-order valence-corrected chi connectivity index (χ3v) is 5.91. The van der Waals surface area contributed by atoms with Crippen LogP contribution >= 0.6 is 0 Å². The lowest BCUT2D eigenvalue weighted by molar-refractivity contribution is 0.0947. The molecule has 0 radical (unpaired) electrons. The Labute approximate surface area is 182 Å². The Morgan fingerprint density at radius 3 is 2.19 bits per heavy atom. The lowest BCUT2D eigenvalue weighted by Gasteiger charge is -2.11. The molecule has 162 valence electrons. The molecule has 0 aromatic heterocycles. The van der Waals surface area contributed by atoms with E-state index >= 15 is 0 Å². The Balaban J connectivity index is 1.52. The van der Waals surface area contributed by atoms with Crippen LogP contribution in [-0.2, 0) is 10.0 Å². The minimum absolute atomic E-state index is 0.0788. The number of hydrogen-bond acceptors (Lipinski definition) is 5. The minimum Gasteiger partial charge on any atom is -0.497 e. The third-order valence-electron chi connectivity index (χ3n) is 4.53. The van der Waals surface area contributed by atoms with E-state index in [1.165, 1.54) is 24.3 Å². The summed E-state index contributed by atoms with van der Waals surface area (Å²) in [5, 5.41) is 2.74. The second-order valence-electron chi connectivity index (χ2n) is 6.72. The summed E-state index contributed by atoms with van der Waals surface area (Å²) in [5.74, 6) is 1.10. The van der Waals surface area contributed by atoms with E-state index in [1.807, 2.05) is 19.1 Å². The number of amides is 1. The van der Waals surface area contributed by atoms with Gasteiger partial charge in [0.25, 0.3) is 15.9 Å². The van der Waals surface area contributed by atoms with Crippen LogP contribution in [-0.4, -0.2) is 34.6 Å². The first-order valence-corrected chi connectivity index (χ1v) is 11.1. The third kappa shape index (κ3) is 5.99. The monoisotopic (exact) mass is 440 g/mol. The molecule has 0 unspecified atom stereocenters. The van der Waals surface area contributed by atoms with Crippen molar-refractivity contribution in [1.82, 2.24) is 5.32 Å². The molecule has 8 heteroatoms. The quantitative estimate of drug-likeness (QED) is 0.496. The van der Waals surface area contributed by atoms with Crippen LogP contribution in [0, 0.1) is 6.92 Å². The smallest absolute Gasteiger partial charge is 0.261 e. The van der Waals surface area contributed by atoms with Crippen LogP contribution in [0.5, 0.6) is 11.5 Å². The van der Waals surface area contributed by atoms with Crippen LogP contribution in [0.4, 0.5) is 5.69 Å². The van der Waals surface area contributed by atoms with Gasteiger partial charge < -0.3 is 14.8 Å². The van der Waals surface area contributed by atoms with Gasteiger partial charge in [0.1, 0.15) is 18.1 Å². The largest absolute Gasteiger partial charge is 0.497 e. The average molecular weight is 441 g/mol. The van der Waals surface area contributed by atoms with Crippen LogP contribution in [0.15, 0.2) is 77.7 Å². The number of nitrogens with one attached hydrogen (secondary N) is 2. The summed E-state index contributed by atoms with van der Waals surface area (Å²) >= 11 is 0. The molecule has 2 N–H and O–H groups in total. The predicted molar refractivity (Wildman–Crippen MR) is 119 cm³/mol. The van der Waals surface area contributed by atoms with Gasteiger partial charge in [0.05, 0.1) is 24.2 Å². The summed E-state index contributed by atoms with van der Waals surface area (Å²) in [6, 6.07) is 20.0. The molecule has 0 atom stereocenters. The first-order valence-electron chi connectivity index (χ1n) is 9.62. The van der Waals surface area contributed by atoms with Crippen molar-refractivity contribution in [2.24, 2.45) is 0 Å². The molecule has 3 aromatic carbocycles. The fraction of sp³-hybridized carbons (Fsp3) is 0.174. The van der Waals surface area contributed by atoms with E-state index in [4.69, 9.17) is 9.47 Å². The highest BCUT2D eigenvalue weighted by atomic mass is 32.2. The van der Waals surface area contributed by atoms with Crippen LogP contribution in [0.25, 0.3) is 0 Å². The zero-order valence-corrected chi connectivity index (χ0v) is 18.1. The predicted octanol–water partition coefficient (Wildman–Crippen LogP) is 3.61. The standard InChI is InChI=1S/C23H24N2O5S/c1-17-5-3-4-6-22(17)25-31(27,28)21-13-7-18(8-14-21)23(26)24-15-16-30-20-11-9-19(29-2)10-12-20/h3-14,25H,15-16H2,1-2H3,(H,24,26). The summed E-state index contributed by atoms with van der Waals surface area (Å²) in [4.78, 5) is 12.4. The van der Waals surface area contributed by atoms with Gasteiger partial charge in [-0.1, -0.05) is 18.2 Å². The highest BCUT2D eigenvalue weighted by Crippen LogP contribution is 2.20. The summed E-state index contributed by atoms with van der Waals surface area (Å²) in [6.07, 6.45) is 0.